The van der Waals surface area contributed by atoms with Gasteiger partial charge in [-0.25, -0.2) is 4.98 Å². The van der Waals surface area contributed by atoms with E-state index in [1.54, 1.807) is 13.4 Å². The summed E-state index contributed by atoms with van der Waals surface area (Å²) in [6.07, 6.45) is 3.61. The molecule has 1 aromatic heterocycles. The second-order valence-corrected chi connectivity index (χ2v) is 4.55. The predicted molar refractivity (Wildman–Crippen MR) is 67.8 cm³/mol. The van der Waals surface area contributed by atoms with Crippen LogP contribution in [0.25, 0.3) is 0 Å². The largest absolute Gasteiger partial charge is 0.384 e. The van der Waals surface area contributed by atoms with Crippen molar-refractivity contribution in [1.29, 1.82) is 0 Å². The van der Waals surface area contributed by atoms with Crippen molar-refractivity contribution in [2.45, 2.75) is 32.7 Å². The average molecular weight is 240 g/mol. The quantitative estimate of drug-likeness (QED) is 0.737. The lowest BCUT2D eigenvalue weighted by Crippen LogP contribution is -2.34. The van der Waals surface area contributed by atoms with Crippen LogP contribution < -0.4 is 5.32 Å². The van der Waals surface area contributed by atoms with Crippen molar-refractivity contribution in [2.75, 3.05) is 20.3 Å². The second-order valence-electron chi connectivity index (χ2n) is 4.55. The molecule has 5 heteroatoms. The Morgan fingerprint density at radius 2 is 2.29 bits per heavy atom. The third-order valence-corrected chi connectivity index (χ3v) is 2.86. The Morgan fingerprint density at radius 3 is 2.82 bits per heavy atom. The summed E-state index contributed by atoms with van der Waals surface area (Å²) >= 11 is 0. The number of hydrogen-bond donors (Lipinski definition) is 1. The van der Waals surface area contributed by atoms with E-state index in [0.29, 0.717) is 12.0 Å². The van der Waals surface area contributed by atoms with Crippen molar-refractivity contribution in [3.05, 3.63) is 12.2 Å². The van der Waals surface area contributed by atoms with Gasteiger partial charge in [-0.2, -0.15) is 5.10 Å². The molecule has 2 unspecified atom stereocenters. The van der Waals surface area contributed by atoms with Crippen LogP contribution >= 0.6 is 0 Å². The van der Waals surface area contributed by atoms with Gasteiger partial charge < -0.3 is 10.1 Å². The molecule has 17 heavy (non-hydrogen) atoms. The molecule has 1 heterocycles. The molecule has 1 N–H and O–H groups in total. The number of aromatic nitrogens is 3. The summed E-state index contributed by atoms with van der Waals surface area (Å²) in [5.41, 5.74) is 0. The highest BCUT2D eigenvalue weighted by atomic mass is 16.5. The van der Waals surface area contributed by atoms with Crippen LogP contribution in [0.2, 0.25) is 0 Å². The summed E-state index contributed by atoms with van der Waals surface area (Å²) in [6.45, 7) is 6.12. The number of nitrogens with zero attached hydrogens (tertiary/aromatic N) is 3. The van der Waals surface area contributed by atoms with E-state index < -0.39 is 0 Å². The Hall–Kier alpha value is -0.940. The fourth-order valence-corrected chi connectivity index (χ4v) is 2.09. The monoisotopic (exact) mass is 240 g/mol. The molecule has 0 spiro atoms. The minimum Gasteiger partial charge on any atom is -0.384 e. The lowest BCUT2D eigenvalue weighted by Gasteiger charge is -2.21. The highest BCUT2D eigenvalue weighted by molar-refractivity contribution is 4.89. The lowest BCUT2D eigenvalue weighted by atomic mass is 10.00. The Labute approximate surface area is 104 Å². The molecule has 0 aliphatic heterocycles. The van der Waals surface area contributed by atoms with E-state index in [-0.39, 0.29) is 0 Å². The lowest BCUT2D eigenvalue weighted by molar-refractivity contribution is 0.149. The van der Waals surface area contributed by atoms with Crippen LogP contribution in [0.3, 0.4) is 0 Å². The standard InChI is InChI=1S/C12H24N4O/c1-5-13-11(6-10(2)8-17-4)7-12-14-9-15-16(12)3/h9-11,13H,5-8H2,1-4H3. The summed E-state index contributed by atoms with van der Waals surface area (Å²) in [5, 5.41) is 7.60. The smallest absolute Gasteiger partial charge is 0.138 e. The first kappa shape index (κ1) is 14.1. The van der Waals surface area contributed by atoms with Gasteiger partial charge in [0, 0.05) is 33.2 Å². The molecule has 5 nitrogen and oxygen atoms in total. The van der Waals surface area contributed by atoms with Gasteiger partial charge in [-0.3, -0.25) is 4.68 Å². The molecule has 1 aromatic rings. The maximum absolute atomic E-state index is 5.18. The van der Waals surface area contributed by atoms with E-state index in [0.717, 1.165) is 31.8 Å². The van der Waals surface area contributed by atoms with Gasteiger partial charge in [-0.1, -0.05) is 13.8 Å². The van der Waals surface area contributed by atoms with Crippen molar-refractivity contribution in [1.82, 2.24) is 20.1 Å². The van der Waals surface area contributed by atoms with Gasteiger partial charge in [0.05, 0.1) is 0 Å². The molecule has 0 aromatic carbocycles. The van der Waals surface area contributed by atoms with E-state index in [9.17, 15) is 0 Å². The summed E-state index contributed by atoms with van der Waals surface area (Å²) in [7, 11) is 3.69. The number of hydrogen-bond acceptors (Lipinski definition) is 4. The third kappa shape index (κ3) is 4.83. The summed E-state index contributed by atoms with van der Waals surface area (Å²) in [6, 6.07) is 0.438. The van der Waals surface area contributed by atoms with Gasteiger partial charge in [-0.05, 0) is 18.9 Å². The minimum atomic E-state index is 0.438. The molecule has 2 atom stereocenters. The zero-order chi connectivity index (χ0) is 12.7. The number of rotatable bonds is 8. The fraction of sp³-hybridized carbons (Fsp3) is 0.833. The van der Waals surface area contributed by atoms with Gasteiger partial charge in [0.2, 0.25) is 0 Å². The number of aryl methyl sites for hydroxylation is 1. The van der Waals surface area contributed by atoms with E-state index in [2.05, 4.69) is 29.2 Å². The van der Waals surface area contributed by atoms with Crippen LogP contribution in [0.5, 0.6) is 0 Å². The highest BCUT2D eigenvalue weighted by Gasteiger charge is 2.15. The Morgan fingerprint density at radius 1 is 1.53 bits per heavy atom. The molecule has 1 rings (SSSR count). The van der Waals surface area contributed by atoms with Crippen LogP contribution in [0.4, 0.5) is 0 Å². The van der Waals surface area contributed by atoms with E-state index in [4.69, 9.17) is 4.74 Å². The summed E-state index contributed by atoms with van der Waals surface area (Å²) < 4.78 is 7.02. The second kappa shape index (κ2) is 7.40. The molecule has 0 saturated heterocycles. The first-order valence-electron chi connectivity index (χ1n) is 6.22. The van der Waals surface area contributed by atoms with Gasteiger partial charge in [0.25, 0.3) is 0 Å². The zero-order valence-corrected chi connectivity index (χ0v) is 11.3. The van der Waals surface area contributed by atoms with Gasteiger partial charge in [-0.15, -0.1) is 0 Å². The first-order valence-corrected chi connectivity index (χ1v) is 6.22. The topological polar surface area (TPSA) is 52.0 Å². The molecule has 0 aliphatic rings. The van der Waals surface area contributed by atoms with Gasteiger partial charge in [0.1, 0.15) is 12.2 Å². The van der Waals surface area contributed by atoms with Crippen LogP contribution in [0, 0.1) is 5.92 Å². The minimum absolute atomic E-state index is 0.438. The number of likely N-dealkylation sites (N-methyl/N-ethyl adjacent to an activating group) is 1. The molecule has 0 radical (unpaired) electrons. The molecule has 0 saturated carbocycles. The molecule has 0 aliphatic carbocycles. The van der Waals surface area contributed by atoms with Crippen LogP contribution in [-0.4, -0.2) is 41.1 Å². The van der Waals surface area contributed by atoms with Crippen molar-refractivity contribution in [2.24, 2.45) is 13.0 Å². The third-order valence-electron chi connectivity index (χ3n) is 2.86. The maximum atomic E-state index is 5.18. The van der Waals surface area contributed by atoms with Crippen LogP contribution in [-0.2, 0) is 18.2 Å². The maximum Gasteiger partial charge on any atom is 0.138 e. The number of methoxy groups -OCH3 is 1. The van der Waals surface area contributed by atoms with Gasteiger partial charge in [0.15, 0.2) is 0 Å². The summed E-state index contributed by atoms with van der Waals surface area (Å²) in [4.78, 5) is 4.27. The zero-order valence-electron chi connectivity index (χ0n) is 11.3. The molecular formula is C12H24N4O. The predicted octanol–water partition coefficient (Wildman–Crippen LogP) is 1.01. The molecule has 0 amide bonds. The van der Waals surface area contributed by atoms with Crippen molar-refractivity contribution in [3.8, 4) is 0 Å². The van der Waals surface area contributed by atoms with Crippen molar-refractivity contribution in [3.63, 3.8) is 0 Å². The first-order chi connectivity index (χ1) is 8.17. The molecule has 0 fully saturated rings. The van der Waals surface area contributed by atoms with Crippen LogP contribution in [0.1, 0.15) is 26.1 Å². The Bertz CT molecular complexity index is 313. The Balaban J connectivity index is 2.51. The molecule has 98 valence electrons. The number of nitrogens with one attached hydrogen (secondary N) is 1. The Kier molecular flexibility index (Phi) is 6.15. The fourth-order valence-electron chi connectivity index (χ4n) is 2.09. The van der Waals surface area contributed by atoms with E-state index in [1.165, 1.54) is 0 Å². The van der Waals surface area contributed by atoms with Crippen LogP contribution in [0.15, 0.2) is 6.33 Å². The SMILES string of the molecule is CCNC(Cc1ncnn1C)CC(C)COC. The highest BCUT2D eigenvalue weighted by Crippen LogP contribution is 2.10. The number of ether oxygens (including phenoxy) is 1. The normalized spacial score (nSPS) is 14.8. The molecule has 0 bridgehead atoms. The summed E-state index contributed by atoms with van der Waals surface area (Å²) in [5.74, 6) is 1.58. The van der Waals surface area contributed by atoms with Crippen molar-refractivity contribution >= 4 is 0 Å². The average Bonchev–Trinajstić information content (AvgIpc) is 2.65. The van der Waals surface area contributed by atoms with E-state index >= 15 is 0 Å². The van der Waals surface area contributed by atoms with E-state index in [1.807, 2.05) is 11.7 Å². The van der Waals surface area contributed by atoms with Gasteiger partial charge >= 0.3 is 0 Å². The van der Waals surface area contributed by atoms with Crippen molar-refractivity contribution < 1.29 is 4.74 Å². The molecular weight excluding hydrogens is 216 g/mol.